The zero-order valence-electron chi connectivity index (χ0n) is 25.6. The van der Waals surface area contributed by atoms with E-state index in [1.807, 2.05) is 6.07 Å². The maximum absolute atomic E-state index is 13.5. The fourth-order valence-corrected chi connectivity index (χ4v) is 4.57. The Balaban J connectivity index is 1.59. The van der Waals surface area contributed by atoms with Crippen molar-refractivity contribution in [2.75, 3.05) is 13.7 Å². The minimum Gasteiger partial charge on any atom is -0.493 e. The number of benzene rings is 2. The van der Waals surface area contributed by atoms with Gasteiger partial charge in [-0.25, -0.2) is 19.0 Å². The number of hydrogen-bond donors (Lipinski definition) is 1. The third-order valence-electron chi connectivity index (χ3n) is 7.05. The number of amides is 1. The van der Waals surface area contributed by atoms with Crippen LogP contribution >= 0.6 is 0 Å². The molecule has 0 spiro atoms. The van der Waals surface area contributed by atoms with Crippen LogP contribution < -0.4 is 14.8 Å². The molecule has 13 heteroatoms. The molecule has 0 bridgehead atoms. The van der Waals surface area contributed by atoms with E-state index in [1.54, 1.807) is 38.1 Å². The predicted octanol–water partition coefficient (Wildman–Crippen LogP) is 3.46. The van der Waals surface area contributed by atoms with Crippen LogP contribution in [0, 0.1) is 17.7 Å². The average molecular weight is 637 g/mol. The summed E-state index contributed by atoms with van der Waals surface area (Å²) in [4.78, 5) is 69.6. The Morgan fingerprint density at radius 3 is 2.37 bits per heavy atom. The largest absolute Gasteiger partial charge is 0.493 e. The number of carbonyl (C=O) groups excluding carboxylic acids is 5. The Labute approximate surface area is 264 Å². The van der Waals surface area contributed by atoms with Crippen LogP contribution in [0.15, 0.2) is 66.9 Å². The maximum Gasteiger partial charge on any atom is 0.343 e. The Bertz CT molecular complexity index is 1580. The normalized spacial score (nSPS) is 19.9. The average Bonchev–Trinajstić information content (AvgIpc) is 3.07. The van der Waals surface area contributed by atoms with E-state index in [9.17, 15) is 28.4 Å². The van der Waals surface area contributed by atoms with E-state index < -0.39 is 78.0 Å². The van der Waals surface area contributed by atoms with Crippen LogP contribution in [0.25, 0.3) is 0 Å². The highest BCUT2D eigenvalue weighted by atomic mass is 19.1. The van der Waals surface area contributed by atoms with Crippen molar-refractivity contribution < 1.29 is 52.0 Å². The molecular weight excluding hydrogens is 603 g/mol. The molecule has 1 fully saturated rings. The third kappa shape index (κ3) is 8.23. The van der Waals surface area contributed by atoms with Gasteiger partial charge in [0.25, 0.3) is 5.91 Å². The molecule has 1 amide bonds. The van der Waals surface area contributed by atoms with Crippen LogP contribution in [-0.4, -0.2) is 66.7 Å². The van der Waals surface area contributed by atoms with E-state index >= 15 is 0 Å². The van der Waals surface area contributed by atoms with Crippen LogP contribution in [0.4, 0.5) is 4.39 Å². The second-order valence-corrected chi connectivity index (χ2v) is 10.7. The molecule has 0 radical (unpaired) electrons. The zero-order valence-corrected chi connectivity index (χ0v) is 25.6. The first kappa shape index (κ1) is 33.6. The molecule has 3 aromatic rings. The van der Waals surface area contributed by atoms with Crippen molar-refractivity contribution >= 4 is 29.8 Å². The van der Waals surface area contributed by atoms with Gasteiger partial charge in [-0.2, -0.15) is 0 Å². The summed E-state index contributed by atoms with van der Waals surface area (Å²) in [5.74, 6) is -6.83. The highest BCUT2D eigenvalue weighted by molar-refractivity contribution is 6.00. The zero-order chi connectivity index (χ0) is 33.4. The van der Waals surface area contributed by atoms with Crippen molar-refractivity contribution in [3.63, 3.8) is 0 Å². The Morgan fingerprint density at radius 2 is 1.72 bits per heavy atom. The molecule has 1 N–H and O–H groups in total. The molecule has 0 aliphatic carbocycles. The lowest BCUT2D eigenvalue weighted by Crippen LogP contribution is -2.47. The topological polar surface area (TPSA) is 156 Å². The lowest BCUT2D eigenvalue weighted by molar-refractivity contribution is -0.176. The molecule has 46 heavy (non-hydrogen) atoms. The molecule has 1 saturated heterocycles. The van der Waals surface area contributed by atoms with Gasteiger partial charge in [0.15, 0.2) is 23.6 Å². The molecule has 2 heterocycles. The number of esters is 4. The number of pyridine rings is 1. The van der Waals surface area contributed by atoms with E-state index in [-0.39, 0.29) is 23.5 Å². The molecule has 4 atom stereocenters. The van der Waals surface area contributed by atoms with Crippen LogP contribution in [0.3, 0.4) is 0 Å². The Kier molecular flexibility index (Phi) is 11.0. The minimum atomic E-state index is -1.52. The summed E-state index contributed by atoms with van der Waals surface area (Å²) in [7, 11) is 1.27. The number of nitrogens with zero attached hydrogens (tertiary/aromatic N) is 1. The number of rotatable bonds is 9. The van der Waals surface area contributed by atoms with Crippen LogP contribution in [0.2, 0.25) is 0 Å². The summed E-state index contributed by atoms with van der Waals surface area (Å²) in [5, 5.41) is 2.41. The van der Waals surface area contributed by atoms with Gasteiger partial charge in [0, 0.05) is 12.3 Å². The van der Waals surface area contributed by atoms with Crippen molar-refractivity contribution in [3.8, 4) is 11.5 Å². The number of ether oxygens (including phenoxy) is 5. The molecule has 1 aromatic heterocycles. The molecular formula is C33H33FN2O10. The summed E-state index contributed by atoms with van der Waals surface area (Å²) in [6, 6.07) is 13.3. The smallest absolute Gasteiger partial charge is 0.343 e. The SMILES string of the molecule is COc1ccnc(C(=O)NC2COC(=O)C(Cc3ccccc3)C(OC(=O)C(C)C)C(C)OC2=O)c1OC(=O)c1ccc(F)cc1. The van der Waals surface area contributed by atoms with E-state index in [4.69, 9.17) is 23.7 Å². The van der Waals surface area contributed by atoms with Crippen molar-refractivity contribution in [1.82, 2.24) is 10.3 Å². The van der Waals surface area contributed by atoms with Crippen LogP contribution in [-0.2, 0) is 35.0 Å². The summed E-state index contributed by atoms with van der Waals surface area (Å²) in [5.41, 5.74) is 0.300. The molecule has 1 aliphatic rings. The summed E-state index contributed by atoms with van der Waals surface area (Å²) >= 11 is 0. The molecule has 2 aromatic carbocycles. The quantitative estimate of drug-likeness (QED) is 0.271. The fourth-order valence-electron chi connectivity index (χ4n) is 4.57. The number of carbonyl (C=O) groups is 5. The first-order valence-corrected chi connectivity index (χ1v) is 14.4. The second-order valence-electron chi connectivity index (χ2n) is 10.7. The number of halogens is 1. The Morgan fingerprint density at radius 1 is 1.02 bits per heavy atom. The van der Waals surface area contributed by atoms with Gasteiger partial charge in [0.2, 0.25) is 5.75 Å². The molecule has 242 valence electrons. The number of aromatic nitrogens is 1. The first-order chi connectivity index (χ1) is 22.0. The first-order valence-electron chi connectivity index (χ1n) is 14.4. The van der Waals surface area contributed by atoms with Gasteiger partial charge in [0.05, 0.1) is 18.6 Å². The molecule has 4 rings (SSSR count). The molecule has 0 saturated carbocycles. The van der Waals surface area contributed by atoms with Crippen molar-refractivity contribution in [1.29, 1.82) is 0 Å². The van der Waals surface area contributed by atoms with Crippen molar-refractivity contribution in [2.24, 2.45) is 11.8 Å². The van der Waals surface area contributed by atoms with Gasteiger partial charge in [-0.3, -0.25) is 14.4 Å². The van der Waals surface area contributed by atoms with E-state index in [2.05, 4.69) is 10.3 Å². The summed E-state index contributed by atoms with van der Waals surface area (Å²) in [6.45, 7) is 4.10. The highest BCUT2D eigenvalue weighted by Crippen LogP contribution is 2.31. The summed E-state index contributed by atoms with van der Waals surface area (Å²) in [6.07, 6.45) is -0.978. The fraction of sp³-hybridized carbons (Fsp3) is 0.333. The minimum absolute atomic E-state index is 0.0165. The van der Waals surface area contributed by atoms with Gasteiger partial charge in [-0.15, -0.1) is 0 Å². The second kappa shape index (κ2) is 15.1. The number of hydrogen-bond acceptors (Lipinski definition) is 11. The number of cyclic esters (lactones) is 2. The van der Waals surface area contributed by atoms with Gasteiger partial charge in [0.1, 0.15) is 24.4 Å². The van der Waals surface area contributed by atoms with E-state index in [0.717, 1.165) is 17.7 Å². The van der Waals surface area contributed by atoms with Crippen molar-refractivity contribution in [3.05, 3.63) is 89.5 Å². The third-order valence-corrected chi connectivity index (χ3v) is 7.05. The summed E-state index contributed by atoms with van der Waals surface area (Å²) < 4.78 is 40.8. The van der Waals surface area contributed by atoms with Gasteiger partial charge in [-0.1, -0.05) is 44.2 Å². The van der Waals surface area contributed by atoms with Crippen LogP contribution in [0.5, 0.6) is 11.5 Å². The monoisotopic (exact) mass is 636 g/mol. The lowest BCUT2D eigenvalue weighted by atomic mass is 9.91. The molecule has 1 aliphatic heterocycles. The van der Waals surface area contributed by atoms with E-state index in [0.29, 0.717) is 0 Å². The molecule has 12 nitrogen and oxygen atoms in total. The van der Waals surface area contributed by atoms with Crippen molar-refractivity contribution in [2.45, 2.75) is 45.4 Å². The molecule has 4 unspecified atom stereocenters. The van der Waals surface area contributed by atoms with Gasteiger partial charge >= 0.3 is 23.9 Å². The maximum atomic E-state index is 13.5. The highest BCUT2D eigenvalue weighted by Gasteiger charge is 2.42. The van der Waals surface area contributed by atoms with Crippen LogP contribution in [0.1, 0.15) is 47.2 Å². The van der Waals surface area contributed by atoms with Gasteiger partial charge in [-0.05, 0) is 43.2 Å². The predicted molar refractivity (Wildman–Crippen MR) is 158 cm³/mol. The Hall–Kier alpha value is -5.33. The standard InChI is InChI=1S/C33H33FN2O10/c1-18(2)30(38)45-27-19(3)44-33(41)24(17-43-32(40)23(27)16-20-8-6-5-7-9-20)36-29(37)26-28(25(42-4)14-15-35-26)46-31(39)21-10-12-22(34)13-11-21/h5-15,18-19,23-24,27H,16-17H2,1-4H3,(H,36,37). The number of methoxy groups -OCH3 is 1. The van der Waals surface area contributed by atoms with E-state index in [1.165, 1.54) is 38.4 Å². The van der Waals surface area contributed by atoms with Gasteiger partial charge < -0.3 is 29.0 Å². The number of nitrogens with one attached hydrogen (secondary N) is 1. The lowest BCUT2D eigenvalue weighted by Gasteiger charge is -2.29.